The summed E-state index contributed by atoms with van der Waals surface area (Å²) in [5.41, 5.74) is 8.17. The highest BCUT2D eigenvalue weighted by Gasteiger charge is 2.18. The van der Waals surface area contributed by atoms with Crippen molar-refractivity contribution in [3.05, 3.63) is 122 Å². The van der Waals surface area contributed by atoms with E-state index in [-0.39, 0.29) is 0 Å². The molecule has 8 rings (SSSR count). The van der Waals surface area contributed by atoms with Gasteiger partial charge in [0.15, 0.2) is 0 Å². The Morgan fingerprint density at radius 2 is 1.54 bits per heavy atom. The number of benzene rings is 4. The van der Waals surface area contributed by atoms with Crippen LogP contribution in [0.5, 0.6) is 0 Å². The van der Waals surface area contributed by atoms with Crippen LogP contribution in [0.3, 0.4) is 0 Å². The standard InChI is InChI=1S/C33H20N4OS/c1-3-10-29-23(7-1)24-14-12-21(33-36-28-9-2-4-11-31(28)39-33)19-30(24)37(29)22-13-15-25(32-35-17-18-38-32)26(20-22)27-8-5-6-16-34-27/h1-20H. The molecule has 0 bridgehead atoms. The molecule has 0 spiro atoms. The van der Waals surface area contributed by atoms with Crippen molar-refractivity contribution in [3.8, 4) is 39.0 Å². The van der Waals surface area contributed by atoms with Gasteiger partial charge in [-0.2, -0.15) is 0 Å². The molecule has 0 fully saturated rings. The van der Waals surface area contributed by atoms with Crippen LogP contribution in [-0.2, 0) is 0 Å². The smallest absolute Gasteiger partial charge is 0.226 e. The van der Waals surface area contributed by atoms with Gasteiger partial charge in [0.05, 0.1) is 33.1 Å². The molecule has 0 saturated carbocycles. The van der Waals surface area contributed by atoms with Gasteiger partial charge in [-0.15, -0.1) is 11.3 Å². The van der Waals surface area contributed by atoms with E-state index in [4.69, 9.17) is 9.40 Å². The third-order valence-electron chi connectivity index (χ3n) is 7.08. The first-order valence-corrected chi connectivity index (χ1v) is 13.5. The summed E-state index contributed by atoms with van der Waals surface area (Å²) in [6.45, 7) is 0. The van der Waals surface area contributed by atoms with Crippen molar-refractivity contribution >= 4 is 43.4 Å². The van der Waals surface area contributed by atoms with Crippen LogP contribution in [0, 0.1) is 0 Å². The van der Waals surface area contributed by atoms with Gasteiger partial charge >= 0.3 is 0 Å². The maximum atomic E-state index is 5.69. The van der Waals surface area contributed by atoms with Crippen molar-refractivity contribution < 1.29 is 4.42 Å². The Hall–Kier alpha value is -5.07. The molecule has 5 nitrogen and oxygen atoms in total. The Morgan fingerprint density at radius 1 is 0.667 bits per heavy atom. The third kappa shape index (κ3) is 3.57. The Kier molecular flexibility index (Phi) is 4.93. The third-order valence-corrected chi connectivity index (χ3v) is 8.16. The molecule has 0 aliphatic heterocycles. The number of pyridine rings is 1. The van der Waals surface area contributed by atoms with Gasteiger partial charge in [0.2, 0.25) is 5.89 Å². The van der Waals surface area contributed by atoms with E-state index in [9.17, 15) is 0 Å². The summed E-state index contributed by atoms with van der Waals surface area (Å²) in [6, 6.07) is 35.8. The Balaban J connectivity index is 1.39. The Morgan fingerprint density at radius 3 is 2.41 bits per heavy atom. The first kappa shape index (κ1) is 22.0. The van der Waals surface area contributed by atoms with E-state index in [1.54, 1.807) is 23.8 Å². The average molecular weight is 521 g/mol. The number of thiazole rings is 1. The molecule has 4 aromatic carbocycles. The summed E-state index contributed by atoms with van der Waals surface area (Å²) in [7, 11) is 0. The zero-order chi connectivity index (χ0) is 25.8. The minimum atomic E-state index is 0.572. The van der Waals surface area contributed by atoms with E-state index < -0.39 is 0 Å². The first-order valence-electron chi connectivity index (χ1n) is 12.7. The second-order valence-electron chi connectivity index (χ2n) is 9.35. The summed E-state index contributed by atoms with van der Waals surface area (Å²) in [5, 5.41) is 3.43. The van der Waals surface area contributed by atoms with Crippen LogP contribution in [0.1, 0.15) is 0 Å². The fourth-order valence-electron chi connectivity index (χ4n) is 5.33. The van der Waals surface area contributed by atoms with Crippen molar-refractivity contribution in [2.24, 2.45) is 0 Å². The van der Waals surface area contributed by atoms with Crippen LogP contribution < -0.4 is 0 Å². The predicted molar refractivity (Wildman–Crippen MR) is 158 cm³/mol. The minimum absolute atomic E-state index is 0.572. The molecule has 0 saturated heterocycles. The highest BCUT2D eigenvalue weighted by molar-refractivity contribution is 7.21. The molecule has 184 valence electrons. The number of rotatable bonds is 4. The molecule has 0 unspecified atom stereocenters. The quantitative estimate of drug-likeness (QED) is 0.233. The van der Waals surface area contributed by atoms with E-state index in [0.29, 0.717) is 5.89 Å². The monoisotopic (exact) mass is 520 g/mol. The fraction of sp³-hybridized carbons (Fsp3) is 0. The topological polar surface area (TPSA) is 56.7 Å². The molecular formula is C33H20N4OS. The van der Waals surface area contributed by atoms with E-state index >= 15 is 0 Å². The van der Waals surface area contributed by atoms with Gasteiger partial charge in [0.25, 0.3) is 0 Å². The van der Waals surface area contributed by atoms with Crippen LogP contribution in [0.15, 0.2) is 126 Å². The maximum Gasteiger partial charge on any atom is 0.226 e. The Labute approximate surface area is 227 Å². The molecule has 4 aromatic heterocycles. The Bertz CT molecular complexity index is 2090. The van der Waals surface area contributed by atoms with E-state index in [1.807, 2.05) is 30.5 Å². The summed E-state index contributed by atoms with van der Waals surface area (Å²) in [6.07, 6.45) is 5.08. The number of aromatic nitrogens is 4. The van der Waals surface area contributed by atoms with Crippen LogP contribution in [0.25, 0.3) is 71.0 Å². The highest BCUT2D eigenvalue weighted by Crippen LogP contribution is 2.39. The maximum absolute atomic E-state index is 5.69. The van der Waals surface area contributed by atoms with Crippen molar-refractivity contribution in [1.29, 1.82) is 0 Å². The highest BCUT2D eigenvalue weighted by atomic mass is 32.1. The van der Waals surface area contributed by atoms with Gasteiger partial charge in [0.1, 0.15) is 11.3 Å². The number of hydrogen-bond acceptors (Lipinski definition) is 5. The predicted octanol–water partition coefficient (Wildman–Crippen LogP) is 8.78. The molecule has 0 aliphatic rings. The van der Waals surface area contributed by atoms with Crippen molar-refractivity contribution in [2.75, 3.05) is 0 Å². The lowest BCUT2D eigenvalue weighted by atomic mass is 10.0. The summed E-state index contributed by atoms with van der Waals surface area (Å²) >= 11 is 1.72. The fourth-order valence-corrected chi connectivity index (χ4v) is 6.29. The second-order valence-corrected chi connectivity index (χ2v) is 10.4. The largest absolute Gasteiger partial charge is 0.445 e. The molecular weight excluding hydrogens is 500 g/mol. The molecule has 0 radical (unpaired) electrons. The minimum Gasteiger partial charge on any atom is -0.445 e. The number of para-hydroxylation sites is 2. The lowest BCUT2D eigenvalue weighted by molar-refractivity contribution is 0.575. The molecule has 4 heterocycles. The molecule has 39 heavy (non-hydrogen) atoms. The van der Waals surface area contributed by atoms with E-state index in [2.05, 4.69) is 93.4 Å². The zero-order valence-corrected chi connectivity index (χ0v) is 21.5. The summed E-state index contributed by atoms with van der Waals surface area (Å²) in [4.78, 5) is 14.0. The molecule has 8 aromatic rings. The van der Waals surface area contributed by atoms with Gasteiger partial charge in [-0.3, -0.25) is 4.98 Å². The number of hydrogen-bond donors (Lipinski definition) is 0. The van der Waals surface area contributed by atoms with Crippen LogP contribution >= 0.6 is 11.3 Å². The van der Waals surface area contributed by atoms with Gasteiger partial charge in [-0.25, -0.2) is 9.97 Å². The van der Waals surface area contributed by atoms with Crippen LogP contribution in [-0.4, -0.2) is 19.5 Å². The van der Waals surface area contributed by atoms with Crippen molar-refractivity contribution in [2.45, 2.75) is 0 Å². The van der Waals surface area contributed by atoms with E-state index in [1.165, 1.54) is 15.5 Å². The van der Waals surface area contributed by atoms with Gasteiger partial charge in [-0.05, 0) is 54.6 Å². The number of fused-ring (bicyclic) bond motifs is 4. The molecule has 0 aliphatic carbocycles. The zero-order valence-electron chi connectivity index (χ0n) is 20.7. The number of nitrogens with zero attached hydrogens (tertiary/aromatic N) is 4. The number of oxazole rings is 1. The normalized spacial score (nSPS) is 11.6. The summed E-state index contributed by atoms with van der Waals surface area (Å²) in [5.74, 6) is 0.572. The first-order chi connectivity index (χ1) is 19.3. The van der Waals surface area contributed by atoms with E-state index in [0.717, 1.165) is 49.6 Å². The van der Waals surface area contributed by atoms with Crippen LogP contribution in [0.2, 0.25) is 0 Å². The van der Waals surface area contributed by atoms with Gasteiger partial charge in [-0.1, -0.05) is 48.5 Å². The molecule has 0 amide bonds. The SMILES string of the molecule is c1ccc(-c2cc(-n3c4ccccc4c4ccc(-c5nc6ccccc6s5)cc43)ccc2-c2ncco2)nc1. The molecule has 0 atom stereocenters. The van der Waals surface area contributed by atoms with Crippen molar-refractivity contribution in [1.82, 2.24) is 19.5 Å². The average Bonchev–Trinajstić information content (AvgIpc) is 3.75. The second kappa shape index (κ2) is 8.75. The lowest BCUT2D eigenvalue weighted by Gasteiger charge is -2.13. The lowest BCUT2D eigenvalue weighted by Crippen LogP contribution is -1.97. The molecule has 6 heteroatoms. The molecule has 0 N–H and O–H groups in total. The van der Waals surface area contributed by atoms with Crippen LogP contribution in [0.4, 0.5) is 0 Å². The summed E-state index contributed by atoms with van der Waals surface area (Å²) < 4.78 is 9.21. The van der Waals surface area contributed by atoms with Crippen molar-refractivity contribution in [3.63, 3.8) is 0 Å². The van der Waals surface area contributed by atoms with Gasteiger partial charge < -0.3 is 8.98 Å². The van der Waals surface area contributed by atoms with Gasteiger partial charge in [0, 0.05) is 39.3 Å².